The molecule has 0 unspecified atom stereocenters. The van der Waals surface area contributed by atoms with E-state index >= 15 is 0 Å². The van der Waals surface area contributed by atoms with E-state index in [0.717, 1.165) is 13.1 Å². The van der Waals surface area contributed by atoms with E-state index < -0.39 is 0 Å². The molecule has 0 rings (SSSR count). The molecular weight excluding hydrogens is 90.1 g/mol. The van der Waals surface area contributed by atoms with Crippen LogP contribution in [0.4, 0.5) is 0 Å². The van der Waals surface area contributed by atoms with Gasteiger partial charge in [0.25, 0.3) is 0 Å². The van der Waals surface area contributed by atoms with E-state index in [-0.39, 0.29) is 0 Å². The van der Waals surface area contributed by atoms with Gasteiger partial charge in [-0.05, 0) is 13.8 Å². The number of rotatable bonds is 3. The molecule has 0 spiro atoms. The molecule has 0 aliphatic carbocycles. The molecule has 0 aromatic carbocycles. The first-order chi connectivity index (χ1) is 3.35. The van der Waals surface area contributed by atoms with Crippen molar-refractivity contribution in [1.29, 1.82) is 0 Å². The quantitative estimate of drug-likeness (QED) is 0.371. The van der Waals surface area contributed by atoms with Crippen LogP contribution < -0.4 is 0 Å². The van der Waals surface area contributed by atoms with Crippen molar-refractivity contribution in [1.82, 2.24) is 4.90 Å². The average molecular weight is 100 g/mol. The average Bonchev–Trinajstić information content (AvgIpc) is 1.72. The van der Waals surface area contributed by atoms with Gasteiger partial charge in [-0.25, -0.2) is 0 Å². The molecule has 0 aliphatic rings. The molecule has 0 aliphatic heterocycles. The Balaban J connectivity index is 3.16. The molecule has 1 amide bonds. The van der Waals surface area contributed by atoms with Crippen molar-refractivity contribution in [2.75, 3.05) is 13.1 Å². The molecule has 0 fully saturated rings. The molecule has 40 valence electrons. The third-order valence-electron chi connectivity index (χ3n) is 0.893. The summed E-state index contributed by atoms with van der Waals surface area (Å²) in [5.41, 5.74) is 0. The normalized spacial score (nSPS) is 7.71. The molecule has 0 radical (unpaired) electrons. The highest BCUT2D eigenvalue weighted by molar-refractivity contribution is 5.47. The second kappa shape index (κ2) is 3.57. The second-order valence-corrected chi connectivity index (χ2v) is 1.26. The van der Waals surface area contributed by atoms with E-state index in [1.165, 1.54) is 0 Å². The molecule has 0 aromatic rings. The number of carbonyl (C=O) groups excluding carboxylic acids is 1. The summed E-state index contributed by atoms with van der Waals surface area (Å²) in [4.78, 5) is 11.3. The predicted octanol–water partition coefficient (Wildman–Crippen LogP) is 0.395. The van der Waals surface area contributed by atoms with Crippen molar-refractivity contribution < 1.29 is 4.79 Å². The fourth-order valence-electron chi connectivity index (χ4n) is 0.353. The van der Waals surface area contributed by atoms with Crippen LogP contribution in [0.1, 0.15) is 13.8 Å². The third kappa shape index (κ3) is 2.12. The van der Waals surface area contributed by atoms with Crippen LogP contribution in [0.15, 0.2) is 0 Å². The fraction of sp³-hybridized carbons (Fsp3) is 0.800. The minimum Gasteiger partial charge on any atom is -0.132 e. The van der Waals surface area contributed by atoms with E-state index in [4.69, 9.17) is 0 Å². The summed E-state index contributed by atoms with van der Waals surface area (Å²) in [6.07, 6.45) is 1.78. The van der Waals surface area contributed by atoms with Gasteiger partial charge in [0.15, 0.2) is 0 Å². The standard InChI is InChI=1S/C5H10NO/c1-3-6(4-2)5-7/h3-4H2,1-2H3/q+1. The number of amides is 1. The molecule has 0 saturated carbocycles. The Bertz CT molecular complexity index is 50.0. The van der Waals surface area contributed by atoms with E-state index in [9.17, 15) is 4.79 Å². The molecule has 0 atom stereocenters. The van der Waals surface area contributed by atoms with Crippen molar-refractivity contribution in [3.63, 3.8) is 0 Å². The monoisotopic (exact) mass is 100 g/mol. The molecule has 7 heavy (non-hydrogen) atoms. The van der Waals surface area contributed by atoms with E-state index in [1.54, 1.807) is 11.3 Å². The lowest BCUT2D eigenvalue weighted by Crippen LogP contribution is -2.19. The summed E-state index contributed by atoms with van der Waals surface area (Å²) < 4.78 is 0. The Hall–Kier alpha value is -0.620. The maximum absolute atomic E-state index is 9.77. The molecule has 2 nitrogen and oxygen atoms in total. The lowest BCUT2D eigenvalue weighted by Gasteiger charge is -1.93. The first-order valence-electron chi connectivity index (χ1n) is 2.47. The van der Waals surface area contributed by atoms with Gasteiger partial charge in [0.1, 0.15) is 0 Å². The van der Waals surface area contributed by atoms with Gasteiger partial charge in [0.2, 0.25) is 0 Å². The third-order valence-corrected chi connectivity index (χ3v) is 0.893. The molecule has 0 bridgehead atoms. The van der Waals surface area contributed by atoms with E-state index in [0.29, 0.717) is 0 Å². The Labute approximate surface area is 44.1 Å². The summed E-state index contributed by atoms with van der Waals surface area (Å²) in [7, 11) is 0. The molecule has 0 saturated heterocycles. The lowest BCUT2D eigenvalue weighted by atomic mass is 10.6. The summed E-state index contributed by atoms with van der Waals surface area (Å²) in [6.45, 7) is 5.38. The van der Waals surface area contributed by atoms with Crippen LogP contribution in [-0.4, -0.2) is 24.4 Å². The van der Waals surface area contributed by atoms with Crippen LogP contribution in [0, 0.1) is 0 Å². The van der Waals surface area contributed by atoms with Crippen LogP contribution in [0.2, 0.25) is 0 Å². The van der Waals surface area contributed by atoms with Crippen LogP contribution in [0.25, 0.3) is 0 Å². The maximum atomic E-state index is 9.77. The van der Waals surface area contributed by atoms with Gasteiger partial charge in [-0.3, -0.25) is 0 Å². The van der Waals surface area contributed by atoms with Gasteiger partial charge in [0.05, 0.1) is 17.9 Å². The first-order valence-corrected chi connectivity index (χ1v) is 2.47. The van der Waals surface area contributed by atoms with Gasteiger partial charge in [-0.1, -0.05) is 0 Å². The zero-order valence-corrected chi connectivity index (χ0v) is 4.77. The maximum Gasteiger partial charge on any atom is 0.667 e. The molecule has 2 heteroatoms. The van der Waals surface area contributed by atoms with Crippen LogP contribution in [0.5, 0.6) is 0 Å². The Morgan fingerprint density at radius 3 is 1.86 bits per heavy atom. The first kappa shape index (κ1) is 6.38. The highest BCUT2D eigenvalue weighted by atomic mass is 16.1. The lowest BCUT2D eigenvalue weighted by molar-refractivity contribution is 0.410. The summed E-state index contributed by atoms with van der Waals surface area (Å²) in [5, 5.41) is 0. The smallest absolute Gasteiger partial charge is 0.132 e. The second-order valence-electron chi connectivity index (χ2n) is 1.26. The van der Waals surface area contributed by atoms with E-state index in [2.05, 4.69) is 0 Å². The highest BCUT2D eigenvalue weighted by Crippen LogP contribution is 1.75. The predicted molar refractivity (Wildman–Crippen MR) is 28.6 cm³/mol. The van der Waals surface area contributed by atoms with Crippen LogP contribution >= 0.6 is 0 Å². The van der Waals surface area contributed by atoms with E-state index in [1.807, 2.05) is 13.8 Å². The minimum absolute atomic E-state index is 0.764. The van der Waals surface area contributed by atoms with Gasteiger partial charge >= 0.3 is 6.41 Å². The highest BCUT2D eigenvalue weighted by Gasteiger charge is 2.06. The van der Waals surface area contributed by atoms with Crippen molar-refractivity contribution in [3.8, 4) is 0 Å². The topological polar surface area (TPSA) is 20.3 Å². The number of nitrogens with zero attached hydrogens (tertiary/aromatic N) is 1. The molecule has 0 N–H and O–H groups in total. The van der Waals surface area contributed by atoms with Gasteiger partial charge in [0, 0.05) is 0 Å². The Morgan fingerprint density at radius 1 is 1.43 bits per heavy atom. The van der Waals surface area contributed by atoms with Gasteiger partial charge < -0.3 is 0 Å². The van der Waals surface area contributed by atoms with Crippen molar-refractivity contribution in [3.05, 3.63) is 0 Å². The summed E-state index contributed by atoms with van der Waals surface area (Å²) in [6, 6.07) is 0. The van der Waals surface area contributed by atoms with Crippen molar-refractivity contribution >= 4 is 6.41 Å². The van der Waals surface area contributed by atoms with Crippen LogP contribution in [-0.2, 0) is 4.79 Å². The SMILES string of the molecule is CCN([C+]=O)CC. The van der Waals surface area contributed by atoms with Gasteiger partial charge in [-0.2, -0.15) is 0 Å². The van der Waals surface area contributed by atoms with Crippen LogP contribution in [0.3, 0.4) is 0 Å². The molecule has 0 heterocycles. The zero-order valence-electron chi connectivity index (χ0n) is 4.77. The Kier molecular flexibility index (Phi) is 3.25. The summed E-state index contributed by atoms with van der Waals surface area (Å²) in [5.74, 6) is 0. The number of hydrogen-bond acceptors (Lipinski definition) is 1. The minimum atomic E-state index is 0.764. The van der Waals surface area contributed by atoms with Crippen molar-refractivity contribution in [2.45, 2.75) is 13.8 Å². The van der Waals surface area contributed by atoms with Gasteiger partial charge in [-0.15, -0.1) is 4.90 Å². The largest absolute Gasteiger partial charge is 0.667 e. The zero-order chi connectivity index (χ0) is 5.70. The summed E-state index contributed by atoms with van der Waals surface area (Å²) >= 11 is 0. The molecular formula is C5H10NO+. The fourth-order valence-corrected chi connectivity index (χ4v) is 0.353. The molecule has 0 aromatic heterocycles. The van der Waals surface area contributed by atoms with Crippen molar-refractivity contribution in [2.24, 2.45) is 0 Å². The number of hydrogen-bond donors (Lipinski definition) is 0. The Morgan fingerprint density at radius 2 is 1.86 bits per heavy atom.